The molecule has 0 aromatic carbocycles. The van der Waals surface area contributed by atoms with E-state index in [9.17, 15) is 4.79 Å². The van der Waals surface area contributed by atoms with Gasteiger partial charge in [0.25, 0.3) is 0 Å². The van der Waals surface area contributed by atoms with Crippen LogP contribution < -0.4 is 5.69 Å². The highest BCUT2D eigenvalue weighted by atomic mass is 16.5. The van der Waals surface area contributed by atoms with Crippen LogP contribution in [-0.2, 0) is 16.8 Å². The smallest absolute Gasteiger partial charge is 0.346 e. The van der Waals surface area contributed by atoms with Crippen molar-refractivity contribution in [1.29, 1.82) is 0 Å². The highest BCUT2D eigenvalue weighted by molar-refractivity contribution is 4.87. The topological polar surface area (TPSA) is 49.0 Å². The molecule has 5 nitrogen and oxygen atoms in total. The Labute approximate surface area is 109 Å². The van der Waals surface area contributed by atoms with Crippen LogP contribution in [0.5, 0.6) is 0 Å². The number of aromatic nitrogens is 3. The molecule has 0 saturated heterocycles. The van der Waals surface area contributed by atoms with Gasteiger partial charge in [-0.1, -0.05) is 0 Å². The summed E-state index contributed by atoms with van der Waals surface area (Å²) in [5.74, 6) is 0.729. The van der Waals surface area contributed by atoms with Gasteiger partial charge >= 0.3 is 5.69 Å². The Morgan fingerprint density at radius 2 is 1.72 bits per heavy atom. The van der Waals surface area contributed by atoms with E-state index in [-0.39, 0.29) is 16.8 Å². The number of hydrogen-bond acceptors (Lipinski definition) is 3. The molecule has 0 spiro atoms. The van der Waals surface area contributed by atoms with Crippen LogP contribution in [0.25, 0.3) is 0 Å². The molecule has 0 unspecified atom stereocenters. The zero-order chi connectivity index (χ0) is 14.1. The van der Waals surface area contributed by atoms with Crippen molar-refractivity contribution in [3.05, 3.63) is 16.3 Å². The maximum absolute atomic E-state index is 12.2. The summed E-state index contributed by atoms with van der Waals surface area (Å²) in [7, 11) is 0. The van der Waals surface area contributed by atoms with Crippen LogP contribution in [-0.4, -0.2) is 26.6 Å². The average Bonchev–Trinajstić information content (AvgIpc) is 2.42. The second kappa shape index (κ2) is 4.88. The van der Waals surface area contributed by atoms with E-state index in [0.29, 0.717) is 13.2 Å². The summed E-state index contributed by atoms with van der Waals surface area (Å²) in [4.78, 5) is 12.2. The molecule has 1 rings (SSSR count). The molecular formula is C13H25N3O2. The van der Waals surface area contributed by atoms with Gasteiger partial charge in [-0.2, -0.15) is 5.10 Å². The highest BCUT2D eigenvalue weighted by Crippen LogP contribution is 2.10. The third-order valence-electron chi connectivity index (χ3n) is 2.53. The van der Waals surface area contributed by atoms with Crippen molar-refractivity contribution < 1.29 is 4.74 Å². The Morgan fingerprint density at radius 3 is 2.11 bits per heavy atom. The van der Waals surface area contributed by atoms with Gasteiger partial charge in [-0.3, -0.25) is 4.57 Å². The van der Waals surface area contributed by atoms with Crippen molar-refractivity contribution >= 4 is 0 Å². The van der Waals surface area contributed by atoms with Crippen molar-refractivity contribution in [2.75, 3.05) is 6.61 Å². The van der Waals surface area contributed by atoms with Gasteiger partial charge in [0.05, 0.1) is 24.3 Å². The van der Waals surface area contributed by atoms with Crippen LogP contribution in [0.1, 0.15) is 47.4 Å². The predicted octanol–water partition coefficient (Wildman–Crippen LogP) is 1.92. The summed E-state index contributed by atoms with van der Waals surface area (Å²) >= 11 is 0. The zero-order valence-electron chi connectivity index (χ0n) is 12.6. The van der Waals surface area contributed by atoms with Crippen LogP contribution in [0.4, 0.5) is 0 Å². The Morgan fingerprint density at radius 1 is 1.17 bits per heavy atom. The molecule has 0 radical (unpaired) electrons. The Kier molecular flexibility index (Phi) is 4.05. The Balaban J connectivity index is 2.86. The normalized spacial score (nSPS) is 13.1. The highest BCUT2D eigenvalue weighted by Gasteiger charge is 2.21. The number of rotatable bonds is 3. The van der Waals surface area contributed by atoms with Crippen LogP contribution >= 0.6 is 0 Å². The molecular weight excluding hydrogens is 230 g/mol. The quantitative estimate of drug-likeness (QED) is 0.829. The average molecular weight is 255 g/mol. The van der Waals surface area contributed by atoms with Gasteiger partial charge in [-0.05, 0) is 48.5 Å². The molecule has 0 bridgehead atoms. The standard InChI is InChI=1S/C13H25N3O2/c1-10-14-16(12(2,3)4)11(17)15(10)8-9-18-13(5,6)7/h8-9H2,1-7H3. The van der Waals surface area contributed by atoms with Crippen LogP contribution in [0.3, 0.4) is 0 Å². The molecule has 0 N–H and O–H groups in total. The molecule has 0 aliphatic heterocycles. The summed E-state index contributed by atoms with van der Waals surface area (Å²) in [6.45, 7) is 14.8. The van der Waals surface area contributed by atoms with E-state index >= 15 is 0 Å². The molecule has 0 saturated carbocycles. The van der Waals surface area contributed by atoms with E-state index in [4.69, 9.17) is 4.74 Å². The van der Waals surface area contributed by atoms with Crippen molar-refractivity contribution in [3.63, 3.8) is 0 Å². The first kappa shape index (κ1) is 15.0. The molecule has 1 heterocycles. The third kappa shape index (κ3) is 3.70. The first-order valence-electron chi connectivity index (χ1n) is 6.33. The molecule has 104 valence electrons. The van der Waals surface area contributed by atoms with Gasteiger partial charge < -0.3 is 4.74 Å². The fourth-order valence-corrected chi connectivity index (χ4v) is 1.63. The van der Waals surface area contributed by atoms with Crippen molar-refractivity contribution in [1.82, 2.24) is 14.3 Å². The van der Waals surface area contributed by atoms with Crippen molar-refractivity contribution in [2.45, 2.75) is 66.2 Å². The first-order valence-corrected chi connectivity index (χ1v) is 6.33. The summed E-state index contributed by atoms with van der Waals surface area (Å²) in [6, 6.07) is 0. The largest absolute Gasteiger partial charge is 0.374 e. The lowest BCUT2D eigenvalue weighted by molar-refractivity contribution is -0.00739. The van der Waals surface area contributed by atoms with E-state index in [1.807, 2.05) is 48.5 Å². The number of ether oxygens (including phenoxy) is 1. The van der Waals surface area contributed by atoms with Gasteiger partial charge in [0.15, 0.2) is 0 Å². The zero-order valence-corrected chi connectivity index (χ0v) is 12.6. The lowest BCUT2D eigenvalue weighted by Gasteiger charge is -2.19. The van der Waals surface area contributed by atoms with Crippen LogP contribution in [0.15, 0.2) is 4.79 Å². The van der Waals surface area contributed by atoms with E-state index in [2.05, 4.69) is 5.10 Å². The van der Waals surface area contributed by atoms with Crippen LogP contribution in [0, 0.1) is 6.92 Å². The van der Waals surface area contributed by atoms with E-state index in [1.165, 1.54) is 4.68 Å². The van der Waals surface area contributed by atoms with Gasteiger partial charge in [-0.25, -0.2) is 9.48 Å². The monoisotopic (exact) mass is 255 g/mol. The fraction of sp³-hybridized carbons (Fsp3) is 0.846. The molecule has 0 atom stereocenters. The lowest BCUT2D eigenvalue weighted by atomic mass is 10.1. The van der Waals surface area contributed by atoms with Crippen molar-refractivity contribution in [3.8, 4) is 0 Å². The van der Waals surface area contributed by atoms with E-state index in [0.717, 1.165) is 5.82 Å². The molecule has 18 heavy (non-hydrogen) atoms. The molecule has 1 aromatic heterocycles. The van der Waals surface area contributed by atoms with Crippen molar-refractivity contribution in [2.24, 2.45) is 0 Å². The maximum Gasteiger partial charge on any atom is 0.346 e. The third-order valence-corrected chi connectivity index (χ3v) is 2.53. The van der Waals surface area contributed by atoms with E-state index < -0.39 is 0 Å². The minimum Gasteiger partial charge on any atom is -0.374 e. The van der Waals surface area contributed by atoms with Gasteiger partial charge in [0.2, 0.25) is 0 Å². The minimum absolute atomic E-state index is 0.0718. The molecule has 0 aliphatic rings. The molecule has 0 amide bonds. The molecule has 1 aromatic rings. The number of aryl methyl sites for hydroxylation is 1. The number of hydrogen-bond donors (Lipinski definition) is 0. The molecule has 0 fully saturated rings. The first-order chi connectivity index (χ1) is 8.02. The second-order valence-electron chi connectivity index (χ2n) is 6.52. The SMILES string of the molecule is Cc1nn(C(C)(C)C)c(=O)n1CCOC(C)(C)C. The fourth-order valence-electron chi connectivity index (χ4n) is 1.63. The summed E-state index contributed by atoms with van der Waals surface area (Å²) in [5, 5.41) is 4.31. The molecule has 0 aliphatic carbocycles. The maximum atomic E-state index is 12.2. The molecule has 5 heteroatoms. The van der Waals surface area contributed by atoms with E-state index in [1.54, 1.807) is 4.57 Å². The second-order valence-corrected chi connectivity index (χ2v) is 6.52. The summed E-state index contributed by atoms with van der Waals surface area (Å²) in [6.07, 6.45) is 0. The van der Waals surface area contributed by atoms with Crippen LogP contribution in [0.2, 0.25) is 0 Å². The minimum atomic E-state index is -0.294. The van der Waals surface area contributed by atoms with Gasteiger partial charge in [0.1, 0.15) is 5.82 Å². The number of nitrogens with zero attached hydrogens (tertiary/aromatic N) is 3. The lowest BCUT2D eigenvalue weighted by Crippen LogP contribution is -2.36. The van der Waals surface area contributed by atoms with Gasteiger partial charge in [0, 0.05) is 0 Å². The van der Waals surface area contributed by atoms with Gasteiger partial charge in [-0.15, -0.1) is 0 Å². The summed E-state index contributed by atoms with van der Waals surface area (Å²) < 4.78 is 8.83. The summed E-state index contributed by atoms with van der Waals surface area (Å²) in [5.41, 5.74) is -0.548. The Hall–Kier alpha value is -1.10. The Bertz CT molecular complexity index is 458. The predicted molar refractivity (Wildman–Crippen MR) is 71.9 cm³/mol.